The van der Waals surface area contributed by atoms with Gasteiger partial charge in [-0.3, -0.25) is 57.9 Å². The van der Waals surface area contributed by atoms with Gasteiger partial charge < -0.3 is 93.7 Å². The van der Waals surface area contributed by atoms with Crippen LogP contribution in [0.25, 0.3) is 11.0 Å². The molecule has 31 nitrogen and oxygen atoms in total. The molecule has 0 aliphatic carbocycles. The first-order valence-electron chi connectivity index (χ1n) is 33.2. The van der Waals surface area contributed by atoms with E-state index in [1.54, 1.807) is 0 Å². The number of ether oxygens (including phenoxy) is 1. The molecule has 2 saturated heterocycles. The van der Waals surface area contributed by atoms with E-state index in [1.165, 1.54) is 24.7 Å². The summed E-state index contributed by atoms with van der Waals surface area (Å²) in [7, 11) is -5.32. The number of nitrogens with two attached hydrogens (primary N) is 6. The first kappa shape index (κ1) is 82.7. The number of allylic oxidation sites excluding steroid dienone is 6. The molecule has 0 saturated carbocycles. The topological polar surface area (TPSA) is 532 Å². The van der Waals surface area contributed by atoms with E-state index in [0.717, 1.165) is 11.1 Å². The van der Waals surface area contributed by atoms with E-state index in [0.29, 0.717) is 56.4 Å². The Morgan fingerprint density at radius 2 is 1.41 bits per heavy atom. The van der Waals surface area contributed by atoms with Crippen molar-refractivity contribution in [3.8, 4) is 0 Å². The van der Waals surface area contributed by atoms with Gasteiger partial charge in [0.05, 0.1) is 53.7 Å². The monoisotopic (exact) mass is 1490 g/mol. The number of hydrogen-bond donors (Lipinski definition) is 12. The number of carbonyl (C=O) groups is 9. The van der Waals surface area contributed by atoms with Gasteiger partial charge in [-0.15, -0.1) is 0 Å². The van der Waals surface area contributed by atoms with E-state index in [4.69, 9.17) is 63.2 Å². The van der Waals surface area contributed by atoms with Crippen LogP contribution >= 0.6 is 20.5 Å². The van der Waals surface area contributed by atoms with Crippen molar-refractivity contribution >= 4 is 102 Å². The molecule has 17 N–H and O–H groups in total. The molecule has 8 bridgehead atoms. The van der Waals surface area contributed by atoms with Gasteiger partial charge in [0.2, 0.25) is 47.3 Å². The van der Waals surface area contributed by atoms with Crippen LogP contribution in [0.2, 0.25) is 0 Å². The molecule has 8 rings (SSSR count). The second kappa shape index (κ2) is 32.2. The first-order chi connectivity index (χ1) is 46.4. The third kappa shape index (κ3) is 17.4. The summed E-state index contributed by atoms with van der Waals surface area (Å²) in [4.78, 5) is 149. The number of aliphatic hydroxyl groups is 2. The Labute approximate surface area is 602 Å². The minimum absolute atomic E-state index is 0. The number of primary amides is 6. The number of nitrogens with one attached hydrogen (secondary N) is 3. The summed E-state index contributed by atoms with van der Waals surface area (Å²) in [5.74, 6) is -8.91. The van der Waals surface area contributed by atoms with Crippen LogP contribution < -0.4 is 60.4 Å². The van der Waals surface area contributed by atoms with Gasteiger partial charge in [-0.05, 0) is 108 Å². The van der Waals surface area contributed by atoms with Crippen LogP contribution in [0.4, 0.5) is 0 Å². The van der Waals surface area contributed by atoms with Crippen LogP contribution in [0.5, 0.6) is 0 Å². The van der Waals surface area contributed by atoms with Crippen molar-refractivity contribution in [1.82, 2.24) is 25.5 Å². The second-order valence-electron chi connectivity index (χ2n) is 28.8. The van der Waals surface area contributed by atoms with Gasteiger partial charge in [-0.2, -0.15) is 12.6 Å². The maximum atomic E-state index is 14.4. The molecule has 2 aromatic rings. The summed E-state index contributed by atoms with van der Waals surface area (Å²) in [6.45, 7) is 20.3. The molecule has 8 amide bonds. The Kier molecular flexibility index (Phi) is 26.4. The van der Waals surface area contributed by atoms with Crippen molar-refractivity contribution in [1.29, 1.82) is 0 Å². The molecule has 1 unspecified atom stereocenters. The number of hydrogen-bond acceptors (Lipinski definition) is 23. The van der Waals surface area contributed by atoms with E-state index in [9.17, 15) is 67.9 Å². The first-order valence-corrected chi connectivity index (χ1v) is 35.3. The van der Waals surface area contributed by atoms with Gasteiger partial charge in [0.1, 0.15) is 18.3 Å². The predicted octanol–water partition coefficient (Wildman–Crippen LogP) is 0.700. The van der Waals surface area contributed by atoms with E-state index in [1.807, 2.05) is 87.4 Å². The molecule has 557 valence electrons. The summed E-state index contributed by atoms with van der Waals surface area (Å²) >= 11 is 3.69. The van der Waals surface area contributed by atoms with Crippen molar-refractivity contribution in [2.24, 2.45) is 94.7 Å². The van der Waals surface area contributed by atoms with Crippen molar-refractivity contribution in [2.45, 2.75) is 202 Å². The van der Waals surface area contributed by atoms with E-state index >= 15 is 0 Å². The molecule has 2 fully saturated rings. The van der Waals surface area contributed by atoms with Crippen LogP contribution in [-0.2, 0) is 78.3 Å². The largest absolute Gasteiger partial charge is 2.00 e. The fourth-order valence-corrected chi connectivity index (χ4v) is 17.2. The Hall–Kier alpha value is -7.20. The molecule has 1 aromatic carbocycles. The number of imidazole rings is 1. The van der Waals surface area contributed by atoms with Gasteiger partial charge in [-0.1, -0.05) is 34.6 Å². The molecule has 1 radical (unpaired) electrons. The van der Waals surface area contributed by atoms with Crippen molar-refractivity contribution < 1.29 is 98.5 Å². The quantitative estimate of drug-likeness (QED) is 0.0394. The number of aliphatic imine (C=N–C) groups is 3. The minimum atomic E-state index is -5.32. The zero-order valence-electron chi connectivity index (χ0n) is 59.0. The number of carbonyl (C=O) groups excluding carboxylic acids is 9. The standard InChI is InChI=1S/C62H90N13O14P.C5H9NO3S.Co/c1-29-20-39-40(21-30(29)2)75(28-70-39)57-52(84)53(41(27-76)87-57)89-90(85,86)88-31(3)26-69-49(83)18-19-59(8)37(22-46(66)80)56-62(11)61(10,25-48(68)82)36(14-17-45(65)79)51(74-62)33(5)55-60(9,24-47(67)81)34(12-15-43(63)77)38(71-55)23-42-58(6,7)35(13-16-44(64)78)50(72-42)32(4)54(59)73-56;1-3(7)6-4(2-10)5(8)9;/h20-21,23,28,31,34-37,41,52-53,56-57,71,76,84H,12-19,22,24-27H2,1-11H3,(H2,63,77)(H2,64,78)(H2,65,79)(H2,66,80)(H2,67,81)(H2,68,82)(H,69,83)(H,85,86);4,10H,2H2,1H3,(H,6,7)(H,8,9);/q;;+2/p-2/b38-23-,50-32-,55-33-;;/t31-,34+,35+,36+,37-,41+,52+,53+,56+,57-,59+,60-,61-,62-;4-;/m00./s1. The Morgan fingerprint density at radius 1 is 0.822 bits per heavy atom. The maximum Gasteiger partial charge on any atom is 2.00 e. The number of aromatic nitrogens is 2. The predicted molar refractivity (Wildman–Crippen MR) is 368 cm³/mol. The molecule has 6 aliphatic rings. The number of carboxylic acids is 1. The molecule has 0 spiro atoms. The molecule has 1 aromatic heterocycles. The van der Waals surface area contributed by atoms with Gasteiger partial charge in [-0.25, -0.2) is 4.98 Å². The summed E-state index contributed by atoms with van der Waals surface area (Å²) in [5, 5.41) is 40.4. The number of nitrogens with zero attached hydrogens (tertiary/aromatic N) is 5. The van der Waals surface area contributed by atoms with Crippen molar-refractivity contribution in [3.05, 3.63) is 63.9 Å². The summed E-state index contributed by atoms with van der Waals surface area (Å²) < 4.78 is 31.9. The number of carboxylic acid groups (broad SMARTS) is 1. The number of aliphatic carboxylic acids is 1. The Morgan fingerprint density at radius 3 is 1.94 bits per heavy atom. The second-order valence-corrected chi connectivity index (χ2v) is 30.5. The van der Waals surface area contributed by atoms with E-state index < -0.39 is 161 Å². The van der Waals surface area contributed by atoms with Crippen LogP contribution in [-0.4, -0.2) is 151 Å². The molecule has 101 heavy (non-hydrogen) atoms. The SMILES string of the molecule is C/C1=C2N=C(/C=C3\N/C(=C(/C)C4=N[C@@](C)([C@@H]5N=C1[C@](C)(CCC(=O)NC[C@H](C)OP(=O)([O-])O[C@H]1[C@@H](O)[C@@H](n6cnc7cc(C)c(C)cc76)O[C@@H]1CO)[C@H]5CC(N)=O)[C@@](C)(CC(N)=O)[C@@H]4CCC(N)=O)[C@@](C)(CC(N)=O)[C@@H]3CCC(N)=O)C(C)(C)[C@@H]/2CCC(N)=O.CC(=O)N[C@@H](CS)C(=O)[O-].[Co+2]. The van der Waals surface area contributed by atoms with Crippen LogP contribution in [0.3, 0.4) is 0 Å². The summed E-state index contributed by atoms with van der Waals surface area (Å²) in [5.41, 5.74) is 37.2. The minimum Gasteiger partial charge on any atom is -0.756 e. The number of phosphoric acid groups is 1. The molecule has 7 heterocycles. The van der Waals surface area contributed by atoms with Crippen molar-refractivity contribution in [2.75, 3.05) is 18.9 Å². The van der Waals surface area contributed by atoms with Gasteiger partial charge in [0, 0.05) is 144 Å². The van der Waals surface area contributed by atoms with Crippen LogP contribution in [0.15, 0.2) is 67.8 Å². The normalized spacial score (nSPS) is 31.7. The fourth-order valence-electron chi connectivity index (χ4n) is 15.9. The molecule has 16 atom stereocenters. The zero-order valence-corrected chi connectivity index (χ0v) is 61.8. The van der Waals surface area contributed by atoms with Crippen LogP contribution in [0.1, 0.15) is 157 Å². The number of amides is 8. The molecule has 34 heteroatoms. The summed E-state index contributed by atoms with van der Waals surface area (Å²) in [6.07, 6.45) is -4.57. The number of fused-ring (bicyclic) bond motifs is 7. The number of aliphatic hydroxyl groups excluding tert-OH is 2. The number of phosphoric ester groups is 1. The Bertz CT molecular complexity index is 3870. The van der Waals surface area contributed by atoms with Crippen molar-refractivity contribution in [3.63, 3.8) is 0 Å². The average Bonchev–Trinajstić information content (AvgIpc) is 1.53. The number of benzene rings is 1. The molecular weight excluding hydrogens is 1390 g/mol. The zero-order chi connectivity index (χ0) is 74.9. The van der Waals surface area contributed by atoms with Gasteiger partial charge in [0.15, 0.2) is 6.23 Å². The van der Waals surface area contributed by atoms with E-state index in [2.05, 4.69) is 33.6 Å². The average molecular weight is 1490 g/mol. The molecule has 6 aliphatic heterocycles. The Balaban J connectivity index is 0.00000135. The van der Waals surface area contributed by atoms with Crippen LogP contribution in [0, 0.1) is 59.2 Å². The number of thiol groups is 1. The maximum absolute atomic E-state index is 14.4. The summed E-state index contributed by atoms with van der Waals surface area (Å²) in [6, 6.07) is 1.68. The van der Waals surface area contributed by atoms with Gasteiger partial charge >= 0.3 is 16.8 Å². The number of aryl methyl sites for hydroxylation is 2. The van der Waals surface area contributed by atoms with E-state index in [-0.39, 0.29) is 99.7 Å². The van der Waals surface area contributed by atoms with Gasteiger partial charge in [0.25, 0.3) is 7.82 Å². The third-order valence-corrected chi connectivity index (χ3v) is 22.9. The number of rotatable bonds is 29. The molecular formula is C67H97CoN14O17PS. The smallest absolute Gasteiger partial charge is 0.756 e. The fraction of sp³-hybridized carbons (Fsp3) is 0.627. The third-order valence-electron chi connectivity index (χ3n) is 21.4.